The molecule has 1 aromatic carbocycles. The van der Waals surface area contributed by atoms with Crippen molar-refractivity contribution < 1.29 is 19.4 Å². The normalized spacial score (nSPS) is 10.7. The van der Waals surface area contributed by atoms with Gasteiger partial charge in [0, 0.05) is 40.3 Å². The number of pyridine rings is 2. The summed E-state index contributed by atoms with van der Waals surface area (Å²) < 4.78 is 6.33. The van der Waals surface area contributed by atoms with Gasteiger partial charge < -0.3 is 9.84 Å². The van der Waals surface area contributed by atoms with Crippen molar-refractivity contribution >= 4 is 54.3 Å². The van der Waals surface area contributed by atoms with E-state index in [1.165, 1.54) is 30.7 Å². The van der Waals surface area contributed by atoms with Crippen molar-refractivity contribution in [3.8, 4) is 11.5 Å². The van der Waals surface area contributed by atoms with E-state index >= 15 is 0 Å². The molecule has 1 amide bonds. The largest absolute Gasteiger partial charge is 0.503 e. The highest BCUT2D eigenvalue weighted by molar-refractivity contribution is 9.10. The molecule has 30 heavy (non-hydrogen) atoms. The Morgan fingerprint density at radius 3 is 2.63 bits per heavy atom. The summed E-state index contributed by atoms with van der Waals surface area (Å²) in [6.07, 6.45) is 4.48. The fraction of sp³-hybridized carbons (Fsp3) is 0.0500. The lowest BCUT2D eigenvalue weighted by Crippen LogP contribution is -2.13. The summed E-state index contributed by atoms with van der Waals surface area (Å²) in [4.78, 5) is 37.5. The molecule has 0 saturated carbocycles. The monoisotopic (exact) mass is 484 g/mol. The predicted molar refractivity (Wildman–Crippen MR) is 115 cm³/mol. The minimum absolute atomic E-state index is 0.140. The number of carbonyl (C=O) groups is 2. The molecule has 4 rings (SSSR count). The summed E-state index contributed by atoms with van der Waals surface area (Å²) in [5.41, 5.74) is 1.42. The van der Waals surface area contributed by atoms with Gasteiger partial charge in [-0.1, -0.05) is 11.3 Å². The summed E-state index contributed by atoms with van der Waals surface area (Å²) in [7, 11) is 1.38. The number of ketones is 1. The van der Waals surface area contributed by atoms with Crippen molar-refractivity contribution in [2.24, 2.45) is 0 Å². The Hall–Kier alpha value is -3.37. The number of benzene rings is 1. The molecular formula is C20H13BrN4O4S. The van der Waals surface area contributed by atoms with Gasteiger partial charge >= 0.3 is 0 Å². The molecule has 0 unspecified atom stereocenters. The summed E-state index contributed by atoms with van der Waals surface area (Å²) in [6.45, 7) is 0. The van der Waals surface area contributed by atoms with Crippen LogP contribution in [0.1, 0.15) is 26.4 Å². The molecule has 0 aliphatic heterocycles. The van der Waals surface area contributed by atoms with Crippen LogP contribution in [0.15, 0.2) is 53.4 Å². The highest BCUT2D eigenvalue weighted by Crippen LogP contribution is 2.34. The zero-order chi connectivity index (χ0) is 21.3. The van der Waals surface area contributed by atoms with Crippen molar-refractivity contribution in [2.45, 2.75) is 0 Å². The number of hydrogen-bond donors (Lipinski definition) is 2. The second kappa shape index (κ2) is 8.17. The quantitative estimate of drug-likeness (QED) is 0.410. The average molecular weight is 485 g/mol. The lowest BCUT2D eigenvalue weighted by atomic mass is 10.0. The number of nitrogens with one attached hydrogen (secondary N) is 1. The molecule has 0 saturated heterocycles. The third-order valence-corrected chi connectivity index (χ3v) is 5.72. The van der Waals surface area contributed by atoms with Crippen molar-refractivity contribution in [1.29, 1.82) is 0 Å². The number of ether oxygens (including phenoxy) is 1. The molecule has 0 bridgehead atoms. The van der Waals surface area contributed by atoms with Gasteiger partial charge in [-0.15, -0.1) is 0 Å². The molecule has 4 aromatic rings. The fourth-order valence-electron chi connectivity index (χ4n) is 2.77. The first-order valence-corrected chi connectivity index (χ1v) is 10.2. The van der Waals surface area contributed by atoms with Gasteiger partial charge in [-0.05, 0) is 40.2 Å². The number of halogens is 1. The second-order valence-corrected chi connectivity index (χ2v) is 7.94. The Kier molecular flexibility index (Phi) is 5.42. The number of methoxy groups -OCH3 is 1. The standard InChI is InChI=1S/C20H13BrN4O4S/c1-29-13-4-7-23-16(18(13)27)19(28)25-20-24-15-12(21)8-11(9-14(15)30-20)17(26)10-2-5-22-6-3-10/h2-9,27H,1H3,(H,24,25,28). The molecule has 2 N–H and O–H groups in total. The second-order valence-electron chi connectivity index (χ2n) is 6.05. The topological polar surface area (TPSA) is 114 Å². The number of nitrogens with zero attached hydrogens (tertiary/aromatic N) is 3. The maximum absolute atomic E-state index is 12.7. The highest BCUT2D eigenvalue weighted by atomic mass is 79.9. The van der Waals surface area contributed by atoms with Gasteiger partial charge in [0.2, 0.25) is 0 Å². The van der Waals surface area contributed by atoms with Crippen LogP contribution in [-0.2, 0) is 0 Å². The van der Waals surface area contributed by atoms with Crippen LogP contribution in [-0.4, -0.2) is 38.9 Å². The van der Waals surface area contributed by atoms with Gasteiger partial charge in [-0.3, -0.25) is 19.9 Å². The van der Waals surface area contributed by atoms with E-state index in [4.69, 9.17) is 4.74 Å². The highest BCUT2D eigenvalue weighted by Gasteiger charge is 2.20. The van der Waals surface area contributed by atoms with Crippen molar-refractivity contribution in [1.82, 2.24) is 15.0 Å². The fourth-order valence-corrected chi connectivity index (χ4v) is 4.37. The molecule has 3 heterocycles. The van der Waals surface area contributed by atoms with Gasteiger partial charge in [0.05, 0.1) is 17.3 Å². The number of hydrogen-bond acceptors (Lipinski definition) is 8. The van der Waals surface area contributed by atoms with E-state index in [0.29, 0.717) is 30.9 Å². The van der Waals surface area contributed by atoms with E-state index in [1.807, 2.05) is 0 Å². The van der Waals surface area contributed by atoms with Crippen LogP contribution < -0.4 is 10.1 Å². The van der Waals surface area contributed by atoms with Crippen LogP contribution >= 0.6 is 27.3 Å². The first-order valence-electron chi connectivity index (χ1n) is 8.56. The van der Waals surface area contributed by atoms with Crippen LogP contribution in [0.3, 0.4) is 0 Å². The molecule has 0 aliphatic rings. The van der Waals surface area contributed by atoms with Crippen LogP contribution in [0.5, 0.6) is 11.5 Å². The summed E-state index contributed by atoms with van der Waals surface area (Å²) in [5, 5.41) is 13.0. The lowest BCUT2D eigenvalue weighted by molar-refractivity contribution is 0.101. The number of thiazole rings is 1. The summed E-state index contributed by atoms with van der Waals surface area (Å²) in [5.74, 6) is -0.995. The number of rotatable bonds is 5. The third kappa shape index (κ3) is 3.74. The maximum Gasteiger partial charge on any atom is 0.280 e. The van der Waals surface area contributed by atoms with E-state index < -0.39 is 5.91 Å². The van der Waals surface area contributed by atoms with Crippen molar-refractivity contribution in [3.63, 3.8) is 0 Å². The maximum atomic E-state index is 12.7. The van der Waals surface area contributed by atoms with Gasteiger partial charge in [0.1, 0.15) is 0 Å². The molecule has 8 nitrogen and oxygen atoms in total. The van der Waals surface area contributed by atoms with Gasteiger partial charge in [0.25, 0.3) is 5.91 Å². The molecule has 0 fully saturated rings. The molecule has 0 aliphatic carbocycles. The van der Waals surface area contributed by atoms with E-state index in [9.17, 15) is 14.7 Å². The molecule has 10 heteroatoms. The number of anilines is 1. The third-order valence-electron chi connectivity index (χ3n) is 4.20. The minimum atomic E-state index is -0.630. The Morgan fingerprint density at radius 1 is 1.13 bits per heavy atom. The molecule has 0 spiro atoms. The number of aromatic hydroxyl groups is 1. The Balaban J connectivity index is 1.65. The number of fused-ring (bicyclic) bond motifs is 1. The van der Waals surface area contributed by atoms with Crippen molar-refractivity contribution in [2.75, 3.05) is 12.4 Å². The first-order chi connectivity index (χ1) is 14.5. The van der Waals surface area contributed by atoms with Crippen LogP contribution in [0.2, 0.25) is 0 Å². The van der Waals surface area contributed by atoms with Gasteiger partial charge in [0.15, 0.2) is 28.1 Å². The predicted octanol–water partition coefficient (Wildman–Crippen LogP) is 4.05. The number of carbonyl (C=O) groups excluding carboxylic acids is 2. The van der Waals surface area contributed by atoms with Gasteiger partial charge in [-0.25, -0.2) is 9.97 Å². The smallest absolute Gasteiger partial charge is 0.280 e. The minimum Gasteiger partial charge on any atom is -0.503 e. The summed E-state index contributed by atoms with van der Waals surface area (Å²) in [6, 6.07) is 8.14. The van der Waals surface area contributed by atoms with Crippen LogP contribution in [0, 0.1) is 0 Å². The van der Waals surface area contributed by atoms with E-state index in [0.717, 1.165) is 0 Å². The SMILES string of the molecule is COc1ccnc(C(=O)Nc2nc3c(Br)cc(C(=O)c4ccncc4)cc3s2)c1O. The van der Waals surface area contributed by atoms with Gasteiger partial charge in [-0.2, -0.15) is 0 Å². The van der Waals surface area contributed by atoms with E-state index in [-0.39, 0.29) is 23.0 Å². The molecule has 3 aromatic heterocycles. The lowest BCUT2D eigenvalue weighted by Gasteiger charge is -2.06. The first kappa shape index (κ1) is 19.9. The van der Waals surface area contributed by atoms with E-state index in [1.54, 1.807) is 36.7 Å². The average Bonchev–Trinajstić information content (AvgIpc) is 3.17. The molecule has 0 atom stereocenters. The Morgan fingerprint density at radius 2 is 1.90 bits per heavy atom. The summed E-state index contributed by atoms with van der Waals surface area (Å²) >= 11 is 4.64. The Labute approximate surface area is 182 Å². The number of amides is 1. The zero-order valence-corrected chi connectivity index (χ0v) is 17.8. The molecular weight excluding hydrogens is 472 g/mol. The zero-order valence-electron chi connectivity index (χ0n) is 15.4. The van der Waals surface area contributed by atoms with Crippen molar-refractivity contribution in [3.05, 3.63) is 70.2 Å². The van der Waals surface area contributed by atoms with E-state index in [2.05, 4.69) is 36.2 Å². The van der Waals surface area contributed by atoms with Crippen LogP contribution in [0.25, 0.3) is 10.2 Å². The molecule has 0 radical (unpaired) electrons. The Bertz CT molecular complexity index is 1280. The number of aromatic nitrogens is 3. The molecule has 150 valence electrons. The van der Waals surface area contributed by atoms with Crippen LogP contribution in [0.4, 0.5) is 5.13 Å².